The Morgan fingerprint density at radius 1 is 1.22 bits per heavy atom. The largest absolute Gasteiger partial charge is 0.497 e. The number of ether oxygens (including phenoxy) is 2. The first-order chi connectivity index (χ1) is 14.6. The molecule has 2 N–H and O–H groups in total. The van der Waals surface area contributed by atoms with Crippen molar-refractivity contribution >= 4 is 41.9 Å². The van der Waals surface area contributed by atoms with Gasteiger partial charge in [-0.1, -0.05) is 12.1 Å². The van der Waals surface area contributed by atoms with Crippen molar-refractivity contribution < 1.29 is 19.1 Å². The molecule has 1 fully saturated rings. The van der Waals surface area contributed by atoms with Crippen molar-refractivity contribution in [1.82, 2.24) is 20.4 Å². The van der Waals surface area contributed by atoms with E-state index in [0.717, 1.165) is 17.7 Å². The number of aliphatic imine (C=N–C) groups is 1. The molecule has 180 valence electrons. The summed E-state index contributed by atoms with van der Waals surface area (Å²) in [5.74, 6) is 1.39. The van der Waals surface area contributed by atoms with Crippen LogP contribution < -0.4 is 15.4 Å². The number of likely N-dealkylation sites (N-methyl/N-ethyl adjacent to an activating group) is 1. The van der Waals surface area contributed by atoms with Gasteiger partial charge in [0.15, 0.2) is 5.96 Å². The minimum Gasteiger partial charge on any atom is -0.497 e. The van der Waals surface area contributed by atoms with E-state index in [9.17, 15) is 9.59 Å². The van der Waals surface area contributed by atoms with E-state index in [1.165, 1.54) is 4.90 Å². The third kappa shape index (κ3) is 9.49. The number of nitrogens with zero attached hydrogens (tertiary/aromatic N) is 3. The zero-order chi connectivity index (χ0) is 23.0. The van der Waals surface area contributed by atoms with Gasteiger partial charge in [0.25, 0.3) is 0 Å². The van der Waals surface area contributed by atoms with E-state index < -0.39 is 11.7 Å². The summed E-state index contributed by atoms with van der Waals surface area (Å²) in [6.07, 6.45) is 0.344. The molecule has 0 bridgehead atoms. The lowest BCUT2D eigenvalue weighted by Gasteiger charge is -2.24. The Morgan fingerprint density at radius 3 is 2.44 bits per heavy atom. The van der Waals surface area contributed by atoms with Gasteiger partial charge in [0.05, 0.1) is 26.2 Å². The number of hydrogen-bond donors (Lipinski definition) is 2. The summed E-state index contributed by atoms with van der Waals surface area (Å²) in [4.78, 5) is 32.4. The second-order valence-electron chi connectivity index (χ2n) is 8.71. The number of methoxy groups -OCH3 is 1. The minimum absolute atomic E-state index is 0. The first-order valence-corrected chi connectivity index (χ1v) is 10.4. The molecule has 1 aromatic carbocycles. The zero-order valence-electron chi connectivity index (χ0n) is 19.8. The molecule has 32 heavy (non-hydrogen) atoms. The molecule has 0 radical (unpaired) electrons. The predicted molar refractivity (Wildman–Crippen MR) is 136 cm³/mol. The van der Waals surface area contributed by atoms with E-state index in [1.807, 2.05) is 45.0 Å². The Morgan fingerprint density at radius 2 is 1.88 bits per heavy atom. The third-order valence-electron chi connectivity index (χ3n) is 4.68. The first-order valence-electron chi connectivity index (χ1n) is 10.4. The summed E-state index contributed by atoms with van der Waals surface area (Å²) >= 11 is 0. The van der Waals surface area contributed by atoms with E-state index in [1.54, 1.807) is 21.2 Å². The predicted octanol–water partition coefficient (Wildman–Crippen LogP) is 2.45. The van der Waals surface area contributed by atoms with Crippen molar-refractivity contribution in [2.45, 2.75) is 45.4 Å². The molecule has 1 aliphatic heterocycles. The van der Waals surface area contributed by atoms with Gasteiger partial charge >= 0.3 is 6.09 Å². The standard InChI is InChI=1S/C22H35N5O4.HI/c1-22(2,3)31-21(29)25-17-11-12-27(15-17)20(24-14-19(28)26(4)5)23-13-16-7-9-18(30-6)10-8-16;/h7-10,17H,11-15H2,1-6H3,(H,23,24)(H,25,29);1H. The van der Waals surface area contributed by atoms with E-state index in [4.69, 9.17) is 14.5 Å². The minimum atomic E-state index is -0.540. The maximum Gasteiger partial charge on any atom is 0.407 e. The molecule has 1 heterocycles. The van der Waals surface area contributed by atoms with Crippen LogP contribution in [-0.4, -0.2) is 80.2 Å². The van der Waals surface area contributed by atoms with Crippen LogP contribution in [0.4, 0.5) is 4.79 Å². The van der Waals surface area contributed by atoms with Gasteiger partial charge in [0.2, 0.25) is 5.91 Å². The van der Waals surface area contributed by atoms with Crippen LogP contribution in [0.25, 0.3) is 0 Å². The number of halogens is 1. The van der Waals surface area contributed by atoms with Gasteiger partial charge in [-0.25, -0.2) is 9.79 Å². The lowest BCUT2D eigenvalue weighted by molar-refractivity contribution is -0.127. The molecule has 1 aromatic rings. The Bertz CT molecular complexity index is 778. The zero-order valence-corrected chi connectivity index (χ0v) is 22.1. The maximum absolute atomic E-state index is 12.1. The Balaban J connectivity index is 0.00000512. The molecular weight excluding hydrogens is 525 g/mol. The molecular formula is C22H36IN5O4. The van der Waals surface area contributed by atoms with E-state index in [0.29, 0.717) is 25.6 Å². The van der Waals surface area contributed by atoms with Gasteiger partial charge in [-0.05, 0) is 44.9 Å². The van der Waals surface area contributed by atoms with Crippen molar-refractivity contribution in [2.24, 2.45) is 4.99 Å². The number of amides is 2. The Kier molecular flexibility index (Phi) is 11.0. The monoisotopic (exact) mass is 561 g/mol. The normalized spacial score (nSPS) is 16.1. The maximum atomic E-state index is 12.1. The van der Waals surface area contributed by atoms with E-state index in [2.05, 4.69) is 15.5 Å². The highest BCUT2D eigenvalue weighted by Gasteiger charge is 2.28. The summed E-state index contributed by atoms with van der Waals surface area (Å²) in [6, 6.07) is 7.66. The van der Waals surface area contributed by atoms with Gasteiger partial charge in [-0.15, -0.1) is 24.0 Å². The number of hydrogen-bond acceptors (Lipinski definition) is 5. The van der Waals surface area contributed by atoms with Gasteiger partial charge in [0, 0.05) is 27.2 Å². The highest BCUT2D eigenvalue weighted by atomic mass is 127. The Labute approximate surface area is 207 Å². The summed E-state index contributed by atoms with van der Waals surface area (Å²) < 4.78 is 10.5. The van der Waals surface area contributed by atoms with Crippen LogP contribution in [0.5, 0.6) is 5.75 Å². The molecule has 1 saturated heterocycles. The highest BCUT2D eigenvalue weighted by Crippen LogP contribution is 2.14. The number of benzene rings is 1. The number of alkyl carbamates (subject to hydrolysis) is 1. The van der Waals surface area contributed by atoms with Crippen molar-refractivity contribution in [3.05, 3.63) is 29.8 Å². The number of likely N-dealkylation sites (tertiary alicyclic amines) is 1. The summed E-state index contributed by atoms with van der Waals surface area (Å²) in [6.45, 7) is 7.42. The lowest BCUT2D eigenvalue weighted by atomic mass is 10.2. The number of nitrogens with one attached hydrogen (secondary N) is 2. The number of carbonyl (C=O) groups excluding carboxylic acids is 2. The molecule has 2 amide bonds. The smallest absolute Gasteiger partial charge is 0.407 e. The number of carbonyl (C=O) groups is 2. The van der Waals surface area contributed by atoms with Crippen molar-refractivity contribution in [2.75, 3.05) is 40.8 Å². The average molecular weight is 561 g/mol. The van der Waals surface area contributed by atoms with Crippen LogP contribution in [-0.2, 0) is 16.1 Å². The first kappa shape index (κ1) is 27.8. The van der Waals surface area contributed by atoms with Gasteiger partial charge in [-0.2, -0.15) is 0 Å². The van der Waals surface area contributed by atoms with E-state index in [-0.39, 0.29) is 42.5 Å². The molecule has 1 unspecified atom stereocenters. The molecule has 9 nitrogen and oxygen atoms in total. The van der Waals surface area contributed by atoms with Crippen LogP contribution in [0.2, 0.25) is 0 Å². The lowest BCUT2D eigenvalue weighted by Crippen LogP contribution is -2.46. The second-order valence-corrected chi connectivity index (χ2v) is 8.71. The van der Waals surface area contributed by atoms with Crippen molar-refractivity contribution in [3.63, 3.8) is 0 Å². The van der Waals surface area contributed by atoms with Crippen LogP contribution in [0.1, 0.15) is 32.8 Å². The molecule has 0 spiro atoms. The SMILES string of the molecule is COc1ccc(CN=C(NCC(=O)N(C)C)N2CCC(NC(=O)OC(C)(C)C)C2)cc1.I. The molecule has 1 aliphatic rings. The van der Waals surface area contributed by atoms with Crippen molar-refractivity contribution in [3.8, 4) is 5.75 Å². The van der Waals surface area contributed by atoms with Gasteiger partial charge in [-0.3, -0.25) is 4.79 Å². The second kappa shape index (κ2) is 12.7. The quantitative estimate of drug-likeness (QED) is 0.315. The van der Waals surface area contributed by atoms with Crippen LogP contribution in [0.15, 0.2) is 29.3 Å². The molecule has 10 heteroatoms. The van der Waals surface area contributed by atoms with Gasteiger partial charge < -0.3 is 29.9 Å². The highest BCUT2D eigenvalue weighted by molar-refractivity contribution is 14.0. The fourth-order valence-corrected chi connectivity index (χ4v) is 3.02. The molecule has 1 atom stereocenters. The van der Waals surface area contributed by atoms with E-state index >= 15 is 0 Å². The molecule has 2 rings (SSSR count). The number of rotatable bonds is 6. The summed E-state index contributed by atoms with van der Waals surface area (Å²) in [5.41, 5.74) is 0.489. The van der Waals surface area contributed by atoms with Crippen LogP contribution in [0.3, 0.4) is 0 Å². The summed E-state index contributed by atoms with van der Waals surface area (Å²) in [7, 11) is 5.07. The fourth-order valence-electron chi connectivity index (χ4n) is 3.02. The van der Waals surface area contributed by atoms with Gasteiger partial charge in [0.1, 0.15) is 11.4 Å². The van der Waals surface area contributed by atoms with Crippen LogP contribution >= 0.6 is 24.0 Å². The molecule has 0 aliphatic carbocycles. The topological polar surface area (TPSA) is 95.5 Å². The average Bonchev–Trinajstić information content (AvgIpc) is 3.14. The molecule has 0 aromatic heterocycles. The third-order valence-corrected chi connectivity index (χ3v) is 4.68. The fraction of sp³-hybridized carbons (Fsp3) is 0.591. The molecule has 0 saturated carbocycles. The van der Waals surface area contributed by atoms with Crippen molar-refractivity contribution in [1.29, 1.82) is 0 Å². The summed E-state index contributed by atoms with van der Waals surface area (Å²) in [5, 5.41) is 6.08. The Hall–Kier alpha value is -2.24. The van der Waals surface area contributed by atoms with Crippen LogP contribution in [0, 0.1) is 0 Å². The number of guanidine groups is 1.